The van der Waals surface area contributed by atoms with Gasteiger partial charge in [-0.25, -0.2) is 0 Å². The van der Waals surface area contributed by atoms with Gasteiger partial charge in [0, 0.05) is 0 Å². The first-order chi connectivity index (χ1) is 5.54. The maximum Gasteiger partial charge on any atom is 0.111 e. The summed E-state index contributed by atoms with van der Waals surface area (Å²) in [7, 11) is 0. The molecule has 0 aromatic carbocycles. The van der Waals surface area contributed by atoms with E-state index < -0.39 is 37.6 Å². The summed E-state index contributed by atoms with van der Waals surface area (Å²) >= 11 is 0. The van der Waals surface area contributed by atoms with Gasteiger partial charge in [-0.15, -0.1) is 0 Å². The Morgan fingerprint density at radius 3 is 1.08 bits per heavy atom. The lowest BCUT2D eigenvalue weighted by Gasteiger charge is -2.24. The predicted octanol–water partition coefficient (Wildman–Crippen LogP) is -4.41. The van der Waals surface area contributed by atoms with Crippen LogP contribution in [0.1, 0.15) is 0 Å². The third kappa shape index (κ3) is 4.48. The summed E-state index contributed by atoms with van der Waals surface area (Å²) in [5.41, 5.74) is 0. The van der Waals surface area contributed by atoms with Crippen LogP contribution in [-0.2, 0) is 0 Å². The fourth-order valence-electron chi connectivity index (χ4n) is 0.671. The minimum atomic E-state index is -1.67. The molecule has 8 N–H and O–H groups in total. The lowest BCUT2D eigenvalue weighted by Crippen LogP contribution is -2.46. The maximum absolute atomic E-state index is 8.96. The highest BCUT2D eigenvalue weighted by Gasteiger charge is 2.29. The topological polar surface area (TPSA) is 153 Å². The summed E-state index contributed by atoms with van der Waals surface area (Å²) in [5, 5.41) is 52.2. The van der Waals surface area contributed by atoms with Crippen LogP contribution < -0.4 is 0 Å². The number of hydrogen-bond acceptors (Lipinski definition) is 6. The van der Waals surface area contributed by atoms with Crippen molar-refractivity contribution in [2.75, 3.05) is 13.2 Å². The van der Waals surface area contributed by atoms with Gasteiger partial charge >= 0.3 is 0 Å². The average molecular weight is 200 g/mol. The van der Waals surface area contributed by atoms with Crippen molar-refractivity contribution in [1.29, 1.82) is 0 Å². The molecule has 7 heteroatoms. The van der Waals surface area contributed by atoms with Crippen molar-refractivity contribution in [1.82, 2.24) is 0 Å². The fourth-order valence-corrected chi connectivity index (χ4v) is 0.671. The van der Waals surface area contributed by atoms with Crippen LogP contribution in [0.5, 0.6) is 0 Å². The molecule has 4 unspecified atom stereocenters. The van der Waals surface area contributed by atoms with Crippen molar-refractivity contribution in [3.8, 4) is 0 Å². The zero-order chi connectivity index (χ0) is 9.72. The number of aliphatic hydroxyl groups is 6. The summed E-state index contributed by atoms with van der Waals surface area (Å²) < 4.78 is 0. The fraction of sp³-hybridized carbons (Fsp3) is 1.00. The number of aliphatic hydroxyl groups excluding tert-OH is 6. The van der Waals surface area contributed by atoms with Gasteiger partial charge in [0.05, 0.1) is 13.2 Å². The molecule has 82 valence electrons. The summed E-state index contributed by atoms with van der Waals surface area (Å²) in [6.07, 6.45) is -6.39. The summed E-state index contributed by atoms with van der Waals surface area (Å²) in [6, 6.07) is 0. The van der Waals surface area contributed by atoms with Crippen LogP contribution in [0.2, 0.25) is 0 Å². The Balaban J connectivity index is 0. The molecule has 0 fully saturated rings. The van der Waals surface area contributed by atoms with Crippen LogP contribution >= 0.6 is 0 Å². The van der Waals surface area contributed by atoms with Gasteiger partial charge in [-0.05, 0) is 0 Å². The molecule has 0 aliphatic rings. The summed E-state index contributed by atoms with van der Waals surface area (Å²) in [6.45, 7) is -1.45. The van der Waals surface area contributed by atoms with Gasteiger partial charge in [0.15, 0.2) is 0 Å². The first-order valence-electron chi connectivity index (χ1n) is 3.48. The summed E-state index contributed by atoms with van der Waals surface area (Å²) in [4.78, 5) is 0. The highest BCUT2D eigenvalue weighted by molar-refractivity contribution is 4.79. The monoisotopic (exact) mass is 200 g/mol. The molecule has 0 amide bonds. The first-order valence-corrected chi connectivity index (χ1v) is 3.48. The lowest BCUT2D eigenvalue weighted by molar-refractivity contribution is -0.123. The molecular weight excluding hydrogens is 184 g/mol. The molecule has 0 aliphatic carbocycles. The number of rotatable bonds is 5. The molecule has 7 nitrogen and oxygen atoms in total. The van der Waals surface area contributed by atoms with Gasteiger partial charge in [0.2, 0.25) is 0 Å². The predicted molar refractivity (Wildman–Crippen MR) is 41.8 cm³/mol. The summed E-state index contributed by atoms with van der Waals surface area (Å²) in [5.74, 6) is 0. The first kappa shape index (κ1) is 15.2. The second-order valence-electron chi connectivity index (χ2n) is 2.48. The van der Waals surface area contributed by atoms with E-state index >= 15 is 0 Å². The molecule has 0 spiro atoms. The molecule has 0 heterocycles. The van der Waals surface area contributed by atoms with Crippen molar-refractivity contribution < 1.29 is 36.1 Å². The van der Waals surface area contributed by atoms with Crippen molar-refractivity contribution in [2.45, 2.75) is 24.4 Å². The Hall–Kier alpha value is -0.280. The van der Waals surface area contributed by atoms with Crippen LogP contribution in [0, 0.1) is 0 Å². The molecule has 13 heavy (non-hydrogen) atoms. The molecule has 0 aromatic heterocycles. The van der Waals surface area contributed by atoms with E-state index in [1.165, 1.54) is 0 Å². The van der Waals surface area contributed by atoms with Crippen LogP contribution in [0.15, 0.2) is 0 Å². The molecule has 4 atom stereocenters. The Morgan fingerprint density at radius 2 is 0.923 bits per heavy atom. The largest absolute Gasteiger partial charge is 0.412 e. The third-order valence-corrected chi connectivity index (χ3v) is 1.51. The Morgan fingerprint density at radius 1 is 0.692 bits per heavy atom. The zero-order valence-corrected chi connectivity index (χ0v) is 6.91. The Bertz CT molecular complexity index is 106. The van der Waals surface area contributed by atoms with Gasteiger partial charge in [-0.2, -0.15) is 0 Å². The quantitative estimate of drug-likeness (QED) is 0.263. The lowest BCUT2D eigenvalue weighted by atomic mass is 10.0. The second-order valence-corrected chi connectivity index (χ2v) is 2.48. The van der Waals surface area contributed by atoms with Crippen LogP contribution in [0.25, 0.3) is 0 Å². The normalized spacial score (nSPS) is 19.8. The SMILES string of the molecule is O.OCC(O)C(O)C(O)C(O)CO. The molecular formula is C6H16O7. The van der Waals surface area contributed by atoms with Gasteiger partial charge < -0.3 is 36.1 Å². The van der Waals surface area contributed by atoms with E-state index in [1.807, 2.05) is 0 Å². The standard InChI is InChI=1S/C6H14O6.H2O/c7-1-3(9)5(11)6(12)4(10)2-8;/h3-12H,1-2H2;1H2. The van der Waals surface area contributed by atoms with Crippen LogP contribution in [-0.4, -0.2) is 73.7 Å². The van der Waals surface area contributed by atoms with Gasteiger partial charge in [-0.3, -0.25) is 0 Å². The smallest absolute Gasteiger partial charge is 0.111 e. The van der Waals surface area contributed by atoms with E-state index in [-0.39, 0.29) is 5.48 Å². The Labute approximate surface area is 74.8 Å². The van der Waals surface area contributed by atoms with Crippen molar-refractivity contribution in [3.63, 3.8) is 0 Å². The van der Waals surface area contributed by atoms with Crippen molar-refractivity contribution in [2.24, 2.45) is 0 Å². The molecule has 0 radical (unpaired) electrons. The third-order valence-electron chi connectivity index (χ3n) is 1.51. The highest BCUT2D eigenvalue weighted by atomic mass is 16.4. The van der Waals surface area contributed by atoms with E-state index in [0.717, 1.165) is 0 Å². The molecule has 0 saturated heterocycles. The second kappa shape index (κ2) is 7.15. The van der Waals surface area contributed by atoms with Crippen molar-refractivity contribution >= 4 is 0 Å². The minimum Gasteiger partial charge on any atom is -0.412 e. The minimum absolute atomic E-state index is 0. The van der Waals surface area contributed by atoms with Gasteiger partial charge in [0.1, 0.15) is 24.4 Å². The van der Waals surface area contributed by atoms with Gasteiger partial charge in [0.25, 0.3) is 0 Å². The van der Waals surface area contributed by atoms with E-state index in [2.05, 4.69) is 0 Å². The molecule has 0 rings (SSSR count). The van der Waals surface area contributed by atoms with Crippen LogP contribution in [0.4, 0.5) is 0 Å². The van der Waals surface area contributed by atoms with Crippen LogP contribution in [0.3, 0.4) is 0 Å². The molecule has 0 saturated carbocycles. The molecule has 0 bridgehead atoms. The zero-order valence-electron chi connectivity index (χ0n) is 6.91. The highest BCUT2D eigenvalue weighted by Crippen LogP contribution is 2.03. The Kier molecular flexibility index (Phi) is 8.37. The average Bonchev–Trinajstić information content (AvgIpc) is 2.12. The van der Waals surface area contributed by atoms with E-state index in [1.54, 1.807) is 0 Å². The van der Waals surface area contributed by atoms with E-state index in [0.29, 0.717) is 0 Å². The van der Waals surface area contributed by atoms with E-state index in [9.17, 15) is 0 Å². The van der Waals surface area contributed by atoms with E-state index in [4.69, 9.17) is 30.6 Å². The molecule has 0 aromatic rings. The number of hydrogen-bond donors (Lipinski definition) is 6. The maximum atomic E-state index is 8.96. The van der Waals surface area contributed by atoms with Gasteiger partial charge in [-0.1, -0.05) is 0 Å². The van der Waals surface area contributed by atoms with Crippen molar-refractivity contribution in [3.05, 3.63) is 0 Å². The molecule has 0 aliphatic heterocycles.